The number of fused-ring (bicyclic) bond motifs is 6. The number of carbonyl (C=O) groups excluding carboxylic acids is 1. The number of hydrogen-bond donors (Lipinski definition) is 4. The summed E-state index contributed by atoms with van der Waals surface area (Å²) in [4.78, 5) is 24.4. The molecule has 2 aromatic rings. The van der Waals surface area contributed by atoms with E-state index in [4.69, 9.17) is 5.11 Å². The molecule has 0 radical (unpaired) electrons. The number of anilines is 4. The quantitative estimate of drug-likeness (QED) is 0.501. The average molecular weight is 503 g/mol. The number of rotatable bonds is 4. The van der Waals surface area contributed by atoms with Gasteiger partial charge in [0.1, 0.15) is 5.82 Å². The van der Waals surface area contributed by atoms with Crippen molar-refractivity contribution >= 4 is 39.1 Å². The molecule has 3 heterocycles. The summed E-state index contributed by atoms with van der Waals surface area (Å²) in [6.07, 6.45) is 6.56. The van der Waals surface area contributed by atoms with Gasteiger partial charge < -0.3 is 20.6 Å². The summed E-state index contributed by atoms with van der Waals surface area (Å²) in [6, 6.07) is 6.65. The first-order valence-electron chi connectivity index (χ1n) is 12.2. The molecule has 1 fully saturated rings. The molecule has 190 valence electrons. The fourth-order valence-corrected chi connectivity index (χ4v) is 5.58. The predicted molar refractivity (Wildman–Crippen MR) is 138 cm³/mol. The lowest BCUT2D eigenvalue weighted by molar-refractivity contribution is 0.102. The van der Waals surface area contributed by atoms with Gasteiger partial charge in [-0.2, -0.15) is 4.98 Å². The average Bonchev–Trinajstić information content (AvgIpc) is 2.80. The second-order valence-electron chi connectivity index (χ2n) is 9.28. The number of aryl methyl sites for hydroxylation is 1. The smallest absolute Gasteiger partial charge is 0.258 e. The molecule has 1 aromatic carbocycles. The Bertz CT molecular complexity index is 1160. The van der Waals surface area contributed by atoms with Gasteiger partial charge in [0.15, 0.2) is 0 Å². The fourth-order valence-electron chi connectivity index (χ4n) is 4.75. The summed E-state index contributed by atoms with van der Waals surface area (Å²) < 4.78 is 27.0. The van der Waals surface area contributed by atoms with Crippen LogP contribution in [0, 0.1) is 12.8 Å². The second kappa shape index (κ2) is 11.2. The first kappa shape index (κ1) is 25.2. The van der Waals surface area contributed by atoms with Gasteiger partial charge in [-0.05, 0) is 56.7 Å². The van der Waals surface area contributed by atoms with Gasteiger partial charge in [-0.3, -0.25) is 9.52 Å². The van der Waals surface area contributed by atoms with Crippen LogP contribution in [0.4, 0.5) is 23.1 Å². The maximum atomic E-state index is 13.4. The summed E-state index contributed by atoms with van der Waals surface area (Å²) in [5.41, 5.74) is 2.25. The lowest BCUT2D eigenvalue weighted by Crippen LogP contribution is -2.36. The second-order valence-corrected chi connectivity index (χ2v) is 11.1. The van der Waals surface area contributed by atoms with Crippen LogP contribution in [0.5, 0.6) is 0 Å². The lowest BCUT2D eigenvalue weighted by Gasteiger charge is -2.36. The van der Waals surface area contributed by atoms with Crippen LogP contribution in [0.3, 0.4) is 0 Å². The van der Waals surface area contributed by atoms with Crippen LogP contribution >= 0.6 is 0 Å². The zero-order valence-corrected chi connectivity index (χ0v) is 20.9. The molecule has 1 unspecified atom stereocenters. The van der Waals surface area contributed by atoms with Crippen LogP contribution in [0.25, 0.3) is 0 Å². The van der Waals surface area contributed by atoms with Gasteiger partial charge in [0.05, 0.1) is 29.3 Å². The predicted octanol–water partition coefficient (Wildman–Crippen LogP) is 2.97. The Labute approximate surface area is 206 Å². The first-order valence-corrected chi connectivity index (χ1v) is 13.9. The third kappa shape index (κ3) is 6.82. The number of aliphatic hydroxyl groups excluding tert-OH is 1. The Hall–Kier alpha value is -2.92. The van der Waals surface area contributed by atoms with Crippen molar-refractivity contribution in [3.63, 3.8) is 0 Å². The Morgan fingerprint density at radius 3 is 2.80 bits per heavy atom. The van der Waals surface area contributed by atoms with Gasteiger partial charge in [-0.15, -0.1) is 0 Å². The van der Waals surface area contributed by atoms with Crippen LogP contribution in [0.2, 0.25) is 0 Å². The van der Waals surface area contributed by atoms with Gasteiger partial charge in [0, 0.05) is 31.4 Å². The van der Waals surface area contributed by atoms with E-state index in [1.165, 1.54) is 0 Å². The molecule has 0 spiro atoms. The number of aliphatic hydroxyl groups is 1. The van der Waals surface area contributed by atoms with Crippen LogP contribution in [0.1, 0.15) is 54.6 Å². The number of carbonyl (C=O) groups is 1. The minimum atomic E-state index is -3.69. The number of aromatic nitrogens is 2. The van der Waals surface area contributed by atoms with E-state index in [2.05, 4.69) is 30.2 Å². The molecule has 1 atom stereocenters. The van der Waals surface area contributed by atoms with Gasteiger partial charge in [0.2, 0.25) is 16.0 Å². The van der Waals surface area contributed by atoms with Gasteiger partial charge in [0.25, 0.3) is 5.91 Å². The van der Waals surface area contributed by atoms with Crippen LogP contribution in [0.15, 0.2) is 24.3 Å². The highest BCUT2D eigenvalue weighted by molar-refractivity contribution is 7.92. The van der Waals surface area contributed by atoms with Gasteiger partial charge >= 0.3 is 0 Å². The maximum absolute atomic E-state index is 13.4. The minimum absolute atomic E-state index is 0.317. The fraction of sp³-hybridized carbons (Fsp3) is 0.542. The molecule has 35 heavy (non-hydrogen) atoms. The highest BCUT2D eigenvalue weighted by Gasteiger charge is 2.25. The van der Waals surface area contributed by atoms with E-state index >= 15 is 0 Å². The van der Waals surface area contributed by atoms with Crippen molar-refractivity contribution in [2.75, 3.05) is 52.2 Å². The molecular formula is C24H34N6O4S. The SMILES string of the molecule is Cc1cc2nc(n1)NCCCCCC1CCCN(C1)c1cc(NS(=O)(=O)CCO)ccc1C(=O)N2. The summed E-state index contributed by atoms with van der Waals surface area (Å²) >= 11 is 0. The van der Waals surface area contributed by atoms with E-state index in [0.29, 0.717) is 34.6 Å². The Balaban J connectivity index is 1.70. The molecule has 2 aliphatic rings. The molecular weight excluding hydrogens is 468 g/mol. The zero-order valence-electron chi connectivity index (χ0n) is 20.1. The van der Waals surface area contributed by atoms with Crippen molar-refractivity contribution in [3.05, 3.63) is 35.5 Å². The van der Waals surface area contributed by atoms with Crippen molar-refractivity contribution in [2.45, 2.75) is 45.4 Å². The number of amides is 1. The third-order valence-electron chi connectivity index (χ3n) is 6.40. The molecule has 1 aromatic heterocycles. The van der Waals surface area contributed by atoms with E-state index in [9.17, 15) is 13.2 Å². The molecule has 11 heteroatoms. The van der Waals surface area contributed by atoms with Crippen LogP contribution < -0.4 is 20.3 Å². The third-order valence-corrected chi connectivity index (χ3v) is 7.67. The van der Waals surface area contributed by atoms with Crippen LogP contribution in [-0.2, 0) is 10.0 Å². The standard InChI is InChI=1S/C24H34N6O4S/c1-17-14-22-27-23(32)20-9-8-19(29-35(33,34)13-12-31)15-21(20)30-11-5-7-18(16-30)6-3-2-4-10-25-24(26-17)28-22/h8-9,14-15,18,29,31H,2-7,10-13,16H2,1H3,(H2,25,26,27,28,32). The van der Waals surface area contributed by atoms with E-state index in [1.807, 2.05) is 6.92 Å². The molecule has 1 amide bonds. The molecule has 2 aliphatic heterocycles. The molecule has 0 aliphatic carbocycles. The number of benzene rings is 1. The zero-order chi connectivity index (χ0) is 24.8. The summed E-state index contributed by atoms with van der Waals surface area (Å²) in [6.45, 7) is 3.79. The number of piperidine rings is 1. The Morgan fingerprint density at radius 2 is 1.97 bits per heavy atom. The monoisotopic (exact) mass is 502 g/mol. The molecule has 0 saturated carbocycles. The van der Waals surface area contributed by atoms with Crippen molar-refractivity contribution in [3.8, 4) is 0 Å². The molecule has 10 nitrogen and oxygen atoms in total. The molecule has 4 bridgehead atoms. The largest absolute Gasteiger partial charge is 0.395 e. The molecule has 4 rings (SSSR count). The normalized spacial score (nSPS) is 19.3. The first-order chi connectivity index (χ1) is 16.8. The number of sulfonamides is 1. The van der Waals surface area contributed by atoms with E-state index in [-0.39, 0.29) is 11.7 Å². The summed E-state index contributed by atoms with van der Waals surface area (Å²) in [5.74, 6) is 0.714. The van der Waals surface area contributed by atoms with Crippen molar-refractivity contribution < 1.29 is 18.3 Å². The van der Waals surface area contributed by atoms with Gasteiger partial charge in [-0.25, -0.2) is 13.4 Å². The van der Waals surface area contributed by atoms with Crippen molar-refractivity contribution in [1.29, 1.82) is 0 Å². The lowest BCUT2D eigenvalue weighted by atomic mass is 9.91. The summed E-state index contributed by atoms with van der Waals surface area (Å²) in [7, 11) is -3.69. The highest BCUT2D eigenvalue weighted by atomic mass is 32.2. The highest BCUT2D eigenvalue weighted by Crippen LogP contribution is 2.32. The molecule has 1 saturated heterocycles. The van der Waals surface area contributed by atoms with E-state index in [0.717, 1.165) is 63.9 Å². The summed E-state index contributed by atoms with van der Waals surface area (Å²) in [5, 5.41) is 15.2. The van der Waals surface area contributed by atoms with E-state index < -0.39 is 16.6 Å². The van der Waals surface area contributed by atoms with Gasteiger partial charge in [-0.1, -0.05) is 12.8 Å². The van der Waals surface area contributed by atoms with E-state index in [1.54, 1.807) is 24.3 Å². The Morgan fingerprint density at radius 1 is 1.14 bits per heavy atom. The Kier molecular flexibility index (Phi) is 8.07. The molecule has 4 N–H and O–H groups in total. The number of nitrogens with zero attached hydrogens (tertiary/aromatic N) is 3. The van der Waals surface area contributed by atoms with Crippen LogP contribution in [-0.4, -0.2) is 61.4 Å². The topological polar surface area (TPSA) is 137 Å². The maximum Gasteiger partial charge on any atom is 0.258 e. The minimum Gasteiger partial charge on any atom is -0.395 e. The van der Waals surface area contributed by atoms with Crippen molar-refractivity contribution in [2.24, 2.45) is 5.92 Å². The number of hydrogen-bond acceptors (Lipinski definition) is 8. The van der Waals surface area contributed by atoms with Crippen molar-refractivity contribution in [1.82, 2.24) is 9.97 Å². The number of nitrogens with one attached hydrogen (secondary N) is 3.